The van der Waals surface area contributed by atoms with Crippen LogP contribution in [0.3, 0.4) is 0 Å². The van der Waals surface area contributed by atoms with Crippen LogP contribution in [0.15, 0.2) is 6.07 Å². The predicted molar refractivity (Wildman–Crippen MR) is 84.8 cm³/mol. The largest absolute Gasteiger partial charge is 0.387 e. The molecule has 1 aromatic rings. The number of aromatic nitrogens is 2. The lowest BCUT2D eigenvalue weighted by molar-refractivity contribution is -0.132. The van der Waals surface area contributed by atoms with Crippen LogP contribution < -0.4 is 0 Å². The summed E-state index contributed by atoms with van der Waals surface area (Å²) >= 11 is 0. The van der Waals surface area contributed by atoms with Gasteiger partial charge in [0, 0.05) is 39.1 Å². The average Bonchev–Trinajstić information content (AvgIpc) is 2.86. The third-order valence-corrected chi connectivity index (χ3v) is 4.56. The average molecular weight is 322 g/mol. The van der Waals surface area contributed by atoms with Crippen LogP contribution in [0, 0.1) is 0 Å². The molecular formula is C16H26N4O3. The molecule has 2 aliphatic heterocycles. The fourth-order valence-corrected chi connectivity index (χ4v) is 3.14. The van der Waals surface area contributed by atoms with Crippen LogP contribution in [0.2, 0.25) is 0 Å². The van der Waals surface area contributed by atoms with Crippen LogP contribution in [0.1, 0.15) is 37.3 Å². The minimum absolute atomic E-state index is 0.199. The monoisotopic (exact) mass is 322 g/mol. The standard InChI is InChI=1S/C16H26N4O3/c1-13(21)15-11-14-12-19(4-2-5-20(14)17-15)16(22)3-6-18-7-9-23-10-8-18/h11,13,21H,2-10,12H2,1H3/t13-/m0/s1. The number of hydrogen-bond acceptors (Lipinski definition) is 5. The van der Waals surface area contributed by atoms with Crippen molar-refractivity contribution in [3.05, 3.63) is 17.5 Å². The number of nitrogens with zero attached hydrogens (tertiary/aromatic N) is 4. The molecule has 128 valence electrons. The second-order valence-electron chi connectivity index (χ2n) is 6.33. The number of fused-ring (bicyclic) bond motifs is 1. The zero-order chi connectivity index (χ0) is 16.2. The van der Waals surface area contributed by atoms with Gasteiger partial charge in [-0.25, -0.2) is 0 Å². The Morgan fingerprint density at radius 3 is 2.87 bits per heavy atom. The molecule has 1 atom stereocenters. The van der Waals surface area contributed by atoms with Crippen molar-refractivity contribution >= 4 is 5.91 Å². The van der Waals surface area contributed by atoms with E-state index < -0.39 is 6.10 Å². The number of aryl methyl sites for hydroxylation is 1. The van der Waals surface area contributed by atoms with Crippen molar-refractivity contribution in [2.75, 3.05) is 39.4 Å². The normalized spacial score (nSPS) is 20.9. The van der Waals surface area contributed by atoms with E-state index in [-0.39, 0.29) is 5.91 Å². The quantitative estimate of drug-likeness (QED) is 0.868. The van der Waals surface area contributed by atoms with Gasteiger partial charge in [0.1, 0.15) is 0 Å². The Morgan fingerprint density at radius 2 is 2.13 bits per heavy atom. The van der Waals surface area contributed by atoms with Crippen molar-refractivity contribution in [1.29, 1.82) is 0 Å². The van der Waals surface area contributed by atoms with Crippen LogP contribution in [0.5, 0.6) is 0 Å². The fraction of sp³-hybridized carbons (Fsp3) is 0.750. The number of hydrogen-bond donors (Lipinski definition) is 1. The van der Waals surface area contributed by atoms with Gasteiger partial charge in [-0.05, 0) is 19.4 Å². The molecule has 0 aromatic carbocycles. The summed E-state index contributed by atoms with van der Waals surface area (Å²) in [5, 5.41) is 14.1. The number of rotatable bonds is 4. The lowest BCUT2D eigenvalue weighted by Crippen LogP contribution is -2.39. The molecule has 0 aliphatic carbocycles. The zero-order valence-corrected chi connectivity index (χ0v) is 13.8. The molecule has 1 amide bonds. The molecule has 0 spiro atoms. The van der Waals surface area contributed by atoms with E-state index in [4.69, 9.17) is 4.74 Å². The van der Waals surface area contributed by atoms with Gasteiger partial charge in [0.2, 0.25) is 5.91 Å². The van der Waals surface area contributed by atoms with Gasteiger partial charge in [0.05, 0.1) is 37.3 Å². The van der Waals surface area contributed by atoms with Crippen molar-refractivity contribution in [2.24, 2.45) is 0 Å². The van der Waals surface area contributed by atoms with Crippen molar-refractivity contribution in [3.63, 3.8) is 0 Å². The molecule has 23 heavy (non-hydrogen) atoms. The highest BCUT2D eigenvalue weighted by Crippen LogP contribution is 2.18. The first-order valence-corrected chi connectivity index (χ1v) is 8.46. The van der Waals surface area contributed by atoms with Gasteiger partial charge >= 0.3 is 0 Å². The Labute approximate surface area is 136 Å². The van der Waals surface area contributed by atoms with Gasteiger partial charge in [-0.1, -0.05) is 0 Å². The second-order valence-corrected chi connectivity index (χ2v) is 6.33. The van der Waals surface area contributed by atoms with E-state index in [0.717, 1.165) is 58.1 Å². The van der Waals surface area contributed by atoms with Gasteiger partial charge in [0.25, 0.3) is 0 Å². The summed E-state index contributed by atoms with van der Waals surface area (Å²) in [6.45, 7) is 8.03. The molecule has 3 heterocycles. The number of carbonyl (C=O) groups is 1. The van der Waals surface area contributed by atoms with Crippen molar-refractivity contribution in [3.8, 4) is 0 Å². The number of ether oxygens (including phenoxy) is 1. The number of aliphatic hydroxyl groups excluding tert-OH is 1. The third kappa shape index (κ3) is 4.10. The van der Waals surface area contributed by atoms with Crippen molar-refractivity contribution < 1.29 is 14.6 Å². The smallest absolute Gasteiger partial charge is 0.224 e. The summed E-state index contributed by atoms with van der Waals surface area (Å²) in [4.78, 5) is 16.7. The first kappa shape index (κ1) is 16.4. The SMILES string of the molecule is C[C@H](O)c1cc2n(n1)CCCN(C(=O)CCN1CCOCC1)C2. The zero-order valence-electron chi connectivity index (χ0n) is 13.8. The van der Waals surface area contributed by atoms with Crippen LogP contribution >= 0.6 is 0 Å². The molecule has 7 nitrogen and oxygen atoms in total. The van der Waals surface area contributed by atoms with Crippen LogP contribution in [0.25, 0.3) is 0 Å². The predicted octanol–water partition coefficient (Wildman–Crippen LogP) is 0.391. The Balaban J connectivity index is 1.57. The van der Waals surface area contributed by atoms with E-state index in [1.807, 2.05) is 15.6 Å². The van der Waals surface area contributed by atoms with Gasteiger partial charge in [-0.15, -0.1) is 0 Å². The number of amides is 1. The molecule has 0 radical (unpaired) electrons. The number of carbonyl (C=O) groups excluding carboxylic acids is 1. The Hall–Kier alpha value is -1.44. The van der Waals surface area contributed by atoms with Crippen LogP contribution in [-0.2, 0) is 22.6 Å². The fourth-order valence-electron chi connectivity index (χ4n) is 3.14. The summed E-state index contributed by atoms with van der Waals surface area (Å²) in [6, 6.07) is 1.91. The van der Waals surface area contributed by atoms with Gasteiger partial charge < -0.3 is 14.7 Å². The van der Waals surface area contributed by atoms with E-state index in [0.29, 0.717) is 18.7 Å². The molecule has 0 unspecified atom stereocenters. The highest BCUT2D eigenvalue weighted by Gasteiger charge is 2.22. The maximum atomic E-state index is 12.5. The van der Waals surface area contributed by atoms with Crippen LogP contribution in [-0.4, -0.2) is 70.0 Å². The topological polar surface area (TPSA) is 70.8 Å². The molecule has 0 bridgehead atoms. The first-order valence-electron chi connectivity index (χ1n) is 8.46. The summed E-state index contributed by atoms with van der Waals surface area (Å²) in [5.74, 6) is 0.199. The third-order valence-electron chi connectivity index (χ3n) is 4.56. The lowest BCUT2D eigenvalue weighted by Gasteiger charge is -2.27. The highest BCUT2D eigenvalue weighted by atomic mass is 16.5. The first-order chi connectivity index (χ1) is 11.1. The minimum atomic E-state index is -0.570. The summed E-state index contributed by atoms with van der Waals surface area (Å²) in [6.07, 6.45) is 0.883. The molecule has 1 saturated heterocycles. The number of aliphatic hydroxyl groups is 1. The van der Waals surface area contributed by atoms with Crippen molar-refractivity contribution in [1.82, 2.24) is 19.6 Å². The summed E-state index contributed by atoms with van der Waals surface area (Å²) in [5.41, 5.74) is 1.70. The molecular weight excluding hydrogens is 296 g/mol. The molecule has 1 N–H and O–H groups in total. The molecule has 2 aliphatic rings. The van der Waals surface area contributed by atoms with Gasteiger partial charge in [-0.3, -0.25) is 14.4 Å². The lowest BCUT2D eigenvalue weighted by atomic mass is 10.2. The van der Waals surface area contributed by atoms with Gasteiger partial charge in [0.15, 0.2) is 0 Å². The highest BCUT2D eigenvalue weighted by molar-refractivity contribution is 5.76. The Bertz CT molecular complexity index is 537. The maximum absolute atomic E-state index is 12.5. The minimum Gasteiger partial charge on any atom is -0.387 e. The van der Waals surface area contributed by atoms with Gasteiger partial charge in [-0.2, -0.15) is 5.10 Å². The van der Waals surface area contributed by atoms with E-state index in [1.54, 1.807) is 6.92 Å². The number of morpholine rings is 1. The van der Waals surface area contributed by atoms with E-state index in [1.165, 1.54) is 0 Å². The molecule has 1 aromatic heterocycles. The van der Waals surface area contributed by atoms with E-state index >= 15 is 0 Å². The van der Waals surface area contributed by atoms with Crippen LogP contribution in [0.4, 0.5) is 0 Å². The summed E-state index contributed by atoms with van der Waals surface area (Å²) in [7, 11) is 0. The summed E-state index contributed by atoms with van der Waals surface area (Å²) < 4.78 is 7.26. The second kappa shape index (κ2) is 7.42. The Kier molecular flexibility index (Phi) is 5.30. The van der Waals surface area contributed by atoms with Crippen molar-refractivity contribution in [2.45, 2.75) is 39.0 Å². The Morgan fingerprint density at radius 1 is 1.35 bits per heavy atom. The van der Waals surface area contributed by atoms with E-state index in [9.17, 15) is 9.90 Å². The van der Waals surface area contributed by atoms with E-state index in [2.05, 4.69) is 10.00 Å². The molecule has 7 heteroatoms. The maximum Gasteiger partial charge on any atom is 0.224 e. The molecule has 3 rings (SSSR count). The molecule has 1 fully saturated rings. The molecule has 0 saturated carbocycles.